The van der Waals surface area contributed by atoms with Crippen LogP contribution in [0.3, 0.4) is 0 Å². The molecule has 0 aliphatic heterocycles. The number of nitrogens with zero attached hydrogens (tertiary/aromatic N) is 1. The molecule has 126 valence electrons. The quantitative estimate of drug-likeness (QED) is 0.725. The molecule has 0 bridgehead atoms. The molecular weight excluding hydrogens is 308 g/mol. The highest BCUT2D eigenvalue weighted by Crippen LogP contribution is 2.24. The molecule has 0 atom stereocenters. The summed E-state index contributed by atoms with van der Waals surface area (Å²) in [4.78, 5) is 14.2. The van der Waals surface area contributed by atoms with Crippen molar-refractivity contribution in [2.45, 2.75) is 6.54 Å². The smallest absolute Gasteiger partial charge is 0.238 e. The van der Waals surface area contributed by atoms with E-state index < -0.39 is 0 Å². The van der Waals surface area contributed by atoms with Crippen LogP contribution in [0.4, 0.5) is 5.69 Å². The fourth-order valence-electron chi connectivity index (χ4n) is 2.87. The van der Waals surface area contributed by atoms with E-state index in [-0.39, 0.29) is 5.91 Å². The molecule has 0 spiro atoms. The molecule has 0 aliphatic rings. The lowest BCUT2D eigenvalue weighted by molar-refractivity contribution is -0.117. The normalized spacial score (nSPS) is 10.6. The van der Waals surface area contributed by atoms with Crippen molar-refractivity contribution in [2.24, 2.45) is 0 Å². The van der Waals surface area contributed by atoms with Gasteiger partial charge in [-0.1, -0.05) is 72.8 Å². The fraction of sp³-hybridized carbons (Fsp3) is 0.136. The second-order valence-electron chi connectivity index (χ2n) is 6.11. The summed E-state index contributed by atoms with van der Waals surface area (Å²) in [7, 11) is 1.96. The molecule has 1 N–H and O–H groups in total. The van der Waals surface area contributed by atoms with Gasteiger partial charge in [0.05, 0.1) is 6.54 Å². The Morgan fingerprint density at radius 3 is 2.16 bits per heavy atom. The molecule has 0 unspecified atom stereocenters. The van der Waals surface area contributed by atoms with Crippen LogP contribution in [-0.4, -0.2) is 24.4 Å². The molecule has 3 aromatic rings. The lowest BCUT2D eigenvalue weighted by Gasteiger charge is -2.18. The Bertz CT molecular complexity index is 816. The lowest BCUT2D eigenvalue weighted by Crippen LogP contribution is -2.30. The largest absolute Gasteiger partial charge is 0.325 e. The number of para-hydroxylation sites is 1. The first-order chi connectivity index (χ1) is 12.2. The van der Waals surface area contributed by atoms with Gasteiger partial charge in [0.15, 0.2) is 0 Å². The summed E-state index contributed by atoms with van der Waals surface area (Å²) in [5.41, 5.74) is 4.44. The predicted molar refractivity (Wildman–Crippen MR) is 103 cm³/mol. The average Bonchev–Trinajstić information content (AvgIpc) is 2.63. The minimum atomic E-state index is -0.00843. The van der Waals surface area contributed by atoms with Gasteiger partial charge >= 0.3 is 0 Å². The summed E-state index contributed by atoms with van der Waals surface area (Å²) in [5.74, 6) is -0.00843. The molecule has 0 aliphatic carbocycles. The van der Waals surface area contributed by atoms with Gasteiger partial charge in [0.25, 0.3) is 0 Å². The van der Waals surface area contributed by atoms with E-state index in [2.05, 4.69) is 29.6 Å². The van der Waals surface area contributed by atoms with Gasteiger partial charge in [0, 0.05) is 12.2 Å². The van der Waals surface area contributed by atoms with Gasteiger partial charge in [-0.05, 0) is 35.9 Å². The van der Waals surface area contributed by atoms with Gasteiger partial charge in [-0.15, -0.1) is 0 Å². The number of carbonyl (C=O) groups is 1. The van der Waals surface area contributed by atoms with Crippen LogP contribution in [0.5, 0.6) is 0 Å². The number of nitrogens with one attached hydrogen (secondary N) is 1. The second-order valence-corrected chi connectivity index (χ2v) is 6.11. The highest BCUT2D eigenvalue weighted by atomic mass is 16.2. The zero-order valence-electron chi connectivity index (χ0n) is 14.4. The standard InChI is InChI=1S/C22H22N2O/c1-24(17-22(25)23-20-13-6-3-7-14-20)16-19-12-8-9-15-21(19)18-10-4-2-5-11-18/h2-15H,16-17H2,1H3,(H,23,25). The molecule has 3 rings (SSSR count). The topological polar surface area (TPSA) is 32.3 Å². The summed E-state index contributed by atoms with van der Waals surface area (Å²) in [6, 6.07) is 28.2. The van der Waals surface area contributed by atoms with Crippen LogP contribution in [-0.2, 0) is 11.3 Å². The van der Waals surface area contributed by atoms with Crippen molar-refractivity contribution in [3.8, 4) is 11.1 Å². The van der Waals surface area contributed by atoms with Gasteiger partial charge in [-0.25, -0.2) is 0 Å². The van der Waals surface area contributed by atoms with E-state index in [1.54, 1.807) is 0 Å². The van der Waals surface area contributed by atoms with E-state index >= 15 is 0 Å². The number of anilines is 1. The number of carbonyl (C=O) groups excluding carboxylic acids is 1. The Labute approximate surface area is 148 Å². The zero-order valence-corrected chi connectivity index (χ0v) is 14.4. The summed E-state index contributed by atoms with van der Waals surface area (Å²) in [5, 5.41) is 2.92. The van der Waals surface area contributed by atoms with Crippen LogP contribution < -0.4 is 5.32 Å². The fourth-order valence-corrected chi connectivity index (χ4v) is 2.87. The molecule has 0 saturated carbocycles. The van der Waals surface area contributed by atoms with Crippen LogP contribution >= 0.6 is 0 Å². The van der Waals surface area contributed by atoms with Crippen molar-refractivity contribution in [1.29, 1.82) is 0 Å². The third-order valence-electron chi connectivity index (χ3n) is 4.01. The van der Waals surface area contributed by atoms with Gasteiger partial charge < -0.3 is 5.32 Å². The van der Waals surface area contributed by atoms with Crippen molar-refractivity contribution < 1.29 is 4.79 Å². The van der Waals surface area contributed by atoms with Crippen molar-refractivity contribution in [2.75, 3.05) is 18.9 Å². The average molecular weight is 330 g/mol. The van der Waals surface area contributed by atoms with Gasteiger partial charge in [-0.2, -0.15) is 0 Å². The Hall–Kier alpha value is -2.91. The third kappa shape index (κ3) is 4.78. The number of amides is 1. The molecule has 1 amide bonds. The van der Waals surface area contributed by atoms with E-state index in [9.17, 15) is 4.79 Å². The van der Waals surface area contributed by atoms with Crippen LogP contribution in [0.15, 0.2) is 84.9 Å². The monoisotopic (exact) mass is 330 g/mol. The highest BCUT2D eigenvalue weighted by molar-refractivity contribution is 5.92. The van der Waals surface area contributed by atoms with Gasteiger partial charge in [-0.3, -0.25) is 9.69 Å². The molecular formula is C22H22N2O. The third-order valence-corrected chi connectivity index (χ3v) is 4.01. The van der Waals surface area contributed by atoms with Crippen molar-refractivity contribution in [3.05, 3.63) is 90.5 Å². The van der Waals surface area contributed by atoms with Crippen LogP contribution in [0.25, 0.3) is 11.1 Å². The van der Waals surface area contributed by atoms with Gasteiger partial charge in [0.2, 0.25) is 5.91 Å². The maximum Gasteiger partial charge on any atom is 0.238 e. The predicted octanol–water partition coefficient (Wildman–Crippen LogP) is 4.42. The Kier molecular flexibility index (Phi) is 5.60. The van der Waals surface area contributed by atoms with E-state index in [1.807, 2.05) is 72.6 Å². The number of benzene rings is 3. The van der Waals surface area contributed by atoms with E-state index in [0.717, 1.165) is 5.69 Å². The first kappa shape index (κ1) is 16.9. The second kappa shape index (κ2) is 8.27. The van der Waals surface area contributed by atoms with E-state index in [1.165, 1.54) is 16.7 Å². The Morgan fingerprint density at radius 1 is 0.840 bits per heavy atom. The van der Waals surface area contributed by atoms with Crippen molar-refractivity contribution in [1.82, 2.24) is 4.90 Å². The molecule has 25 heavy (non-hydrogen) atoms. The molecule has 0 heterocycles. The number of rotatable bonds is 6. The first-order valence-corrected chi connectivity index (χ1v) is 8.39. The zero-order chi connectivity index (χ0) is 17.5. The van der Waals surface area contributed by atoms with Crippen LogP contribution in [0.1, 0.15) is 5.56 Å². The highest BCUT2D eigenvalue weighted by Gasteiger charge is 2.10. The molecule has 0 fully saturated rings. The Morgan fingerprint density at radius 2 is 1.44 bits per heavy atom. The number of hydrogen-bond donors (Lipinski definition) is 1. The lowest BCUT2D eigenvalue weighted by atomic mass is 9.99. The summed E-state index contributed by atoms with van der Waals surface area (Å²) >= 11 is 0. The molecule has 0 saturated heterocycles. The Balaban J connectivity index is 1.65. The molecule has 0 aromatic heterocycles. The van der Waals surface area contributed by atoms with E-state index in [0.29, 0.717) is 13.1 Å². The minimum absolute atomic E-state index is 0.00843. The van der Waals surface area contributed by atoms with Crippen molar-refractivity contribution >= 4 is 11.6 Å². The molecule has 3 heteroatoms. The maximum atomic E-state index is 12.2. The van der Waals surface area contributed by atoms with Gasteiger partial charge in [0.1, 0.15) is 0 Å². The summed E-state index contributed by atoms with van der Waals surface area (Å²) in [6.45, 7) is 1.06. The maximum absolute atomic E-state index is 12.2. The first-order valence-electron chi connectivity index (χ1n) is 8.39. The summed E-state index contributed by atoms with van der Waals surface area (Å²) in [6.07, 6.45) is 0. The minimum Gasteiger partial charge on any atom is -0.325 e. The van der Waals surface area contributed by atoms with Crippen LogP contribution in [0, 0.1) is 0 Å². The van der Waals surface area contributed by atoms with Crippen molar-refractivity contribution in [3.63, 3.8) is 0 Å². The number of likely N-dealkylation sites (N-methyl/N-ethyl adjacent to an activating group) is 1. The summed E-state index contributed by atoms with van der Waals surface area (Å²) < 4.78 is 0. The molecule has 3 aromatic carbocycles. The molecule has 3 nitrogen and oxygen atoms in total. The SMILES string of the molecule is CN(CC(=O)Nc1ccccc1)Cc1ccccc1-c1ccccc1. The van der Waals surface area contributed by atoms with E-state index in [4.69, 9.17) is 0 Å². The molecule has 0 radical (unpaired) electrons. The van der Waals surface area contributed by atoms with Crippen LogP contribution in [0.2, 0.25) is 0 Å². The number of hydrogen-bond acceptors (Lipinski definition) is 2.